The van der Waals surface area contributed by atoms with Crippen LogP contribution in [0.5, 0.6) is 0 Å². The zero-order valence-electron chi connectivity index (χ0n) is 10.6. The van der Waals surface area contributed by atoms with Crippen LogP contribution in [0.15, 0.2) is 27.6 Å². The number of ether oxygens (including phenoxy) is 1. The molecule has 2 atom stereocenters. The van der Waals surface area contributed by atoms with Crippen LogP contribution in [0.3, 0.4) is 0 Å². The van der Waals surface area contributed by atoms with Crippen molar-refractivity contribution in [1.29, 1.82) is 0 Å². The zero-order chi connectivity index (χ0) is 14.0. The second-order valence-electron chi connectivity index (χ2n) is 4.67. The van der Waals surface area contributed by atoms with Gasteiger partial charge in [-0.05, 0) is 37.5 Å². The molecule has 1 aliphatic rings. The average Bonchev–Trinajstić information content (AvgIpc) is 2.79. The first-order valence-electron chi connectivity index (χ1n) is 6.02. The summed E-state index contributed by atoms with van der Waals surface area (Å²) in [6.45, 7) is 0. The predicted molar refractivity (Wildman–Crippen MR) is 77.3 cm³/mol. The summed E-state index contributed by atoms with van der Waals surface area (Å²) in [6, 6.07) is 4.71. The summed E-state index contributed by atoms with van der Waals surface area (Å²) < 4.78 is 33.2. The van der Waals surface area contributed by atoms with Crippen molar-refractivity contribution >= 4 is 31.6 Å². The number of anilines is 1. The Morgan fingerprint density at radius 2 is 2.16 bits per heavy atom. The molecule has 0 aromatic heterocycles. The standard InChI is InChI=1S/C12H17BrN2O3S/c1-18-10-4-3-9(7-10)15-19(16,17)12-6-8(13)2-5-11(12)14/h2,5-6,9-10,15H,3-4,7,14H2,1H3. The maximum atomic E-state index is 12.3. The third-order valence-electron chi connectivity index (χ3n) is 3.30. The van der Waals surface area contributed by atoms with E-state index in [2.05, 4.69) is 20.7 Å². The lowest BCUT2D eigenvalue weighted by Gasteiger charge is -2.14. The van der Waals surface area contributed by atoms with Crippen LogP contribution in [0.25, 0.3) is 0 Å². The number of sulfonamides is 1. The Kier molecular flexibility index (Phi) is 4.50. The van der Waals surface area contributed by atoms with E-state index in [0.29, 0.717) is 10.9 Å². The van der Waals surface area contributed by atoms with Gasteiger partial charge in [-0.15, -0.1) is 0 Å². The molecule has 1 fully saturated rings. The van der Waals surface area contributed by atoms with E-state index in [-0.39, 0.29) is 22.7 Å². The first-order chi connectivity index (χ1) is 8.92. The van der Waals surface area contributed by atoms with Crippen LogP contribution in [-0.2, 0) is 14.8 Å². The van der Waals surface area contributed by atoms with Crippen LogP contribution in [0.2, 0.25) is 0 Å². The van der Waals surface area contributed by atoms with Gasteiger partial charge in [0, 0.05) is 17.6 Å². The van der Waals surface area contributed by atoms with E-state index in [1.165, 1.54) is 6.07 Å². The fourth-order valence-corrected chi connectivity index (χ4v) is 4.24. The largest absolute Gasteiger partial charge is 0.398 e. The van der Waals surface area contributed by atoms with Crippen molar-refractivity contribution < 1.29 is 13.2 Å². The number of hydrogen-bond donors (Lipinski definition) is 2. The molecule has 1 saturated carbocycles. The highest BCUT2D eigenvalue weighted by atomic mass is 79.9. The number of nitrogen functional groups attached to an aromatic ring is 1. The normalized spacial score (nSPS) is 23.7. The van der Waals surface area contributed by atoms with Crippen LogP contribution < -0.4 is 10.5 Å². The molecule has 0 saturated heterocycles. The van der Waals surface area contributed by atoms with Crippen LogP contribution in [0.4, 0.5) is 5.69 Å². The van der Waals surface area contributed by atoms with Crippen molar-refractivity contribution in [2.75, 3.05) is 12.8 Å². The van der Waals surface area contributed by atoms with E-state index >= 15 is 0 Å². The second kappa shape index (κ2) is 5.78. The highest BCUT2D eigenvalue weighted by molar-refractivity contribution is 9.10. The predicted octanol–water partition coefficient (Wildman–Crippen LogP) is 1.88. The Bertz CT molecular complexity index is 562. The smallest absolute Gasteiger partial charge is 0.242 e. The molecule has 0 aliphatic heterocycles. The molecule has 7 heteroatoms. The number of nitrogens with two attached hydrogens (primary N) is 1. The van der Waals surface area contributed by atoms with Gasteiger partial charge < -0.3 is 10.5 Å². The van der Waals surface area contributed by atoms with Crippen molar-refractivity contribution in [2.45, 2.75) is 36.3 Å². The van der Waals surface area contributed by atoms with E-state index in [4.69, 9.17) is 10.5 Å². The number of rotatable bonds is 4. The monoisotopic (exact) mass is 348 g/mol. The SMILES string of the molecule is COC1CCC(NS(=O)(=O)c2cc(Br)ccc2N)C1. The Morgan fingerprint density at radius 3 is 2.79 bits per heavy atom. The molecule has 0 bridgehead atoms. The molecule has 0 radical (unpaired) electrons. The number of hydrogen-bond acceptors (Lipinski definition) is 4. The molecule has 2 unspecified atom stereocenters. The highest BCUT2D eigenvalue weighted by Crippen LogP contribution is 2.26. The number of benzene rings is 1. The Balaban J connectivity index is 2.17. The first kappa shape index (κ1) is 14.8. The zero-order valence-corrected chi connectivity index (χ0v) is 13.0. The Hall–Kier alpha value is -0.630. The summed E-state index contributed by atoms with van der Waals surface area (Å²) in [4.78, 5) is 0.114. The van der Waals surface area contributed by atoms with Gasteiger partial charge in [-0.3, -0.25) is 0 Å². The van der Waals surface area contributed by atoms with Crippen LogP contribution >= 0.6 is 15.9 Å². The maximum absolute atomic E-state index is 12.3. The number of halogens is 1. The summed E-state index contributed by atoms with van der Waals surface area (Å²) in [6.07, 6.45) is 2.49. The van der Waals surface area contributed by atoms with Crippen LogP contribution in [0, 0.1) is 0 Å². The van der Waals surface area contributed by atoms with Gasteiger partial charge in [-0.1, -0.05) is 15.9 Å². The summed E-state index contributed by atoms with van der Waals surface area (Å²) in [7, 11) is -1.94. The Labute approximate surface area is 121 Å². The van der Waals surface area contributed by atoms with Crippen molar-refractivity contribution in [3.8, 4) is 0 Å². The van der Waals surface area contributed by atoms with Gasteiger partial charge in [0.05, 0.1) is 11.8 Å². The summed E-state index contributed by atoms with van der Waals surface area (Å²) in [5, 5.41) is 0. The van der Waals surface area contributed by atoms with Gasteiger partial charge in [-0.2, -0.15) is 0 Å². The molecule has 0 heterocycles. The third kappa shape index (κ3) is 3.47. The first-order valence-corrected chi connectivity index (χ1v) is 8.30. The fraction of sp³-hybridized carbons (Fsp3) is 0.500. The quantitative estimate of drug-likeness (QED) is 0.814. The summed E-state index contributed by atoms with van der Waals surface area (Å²) in [5.74, 6) is 0. The topological polar surface area (TPSA) is 81.4 Å². The third-order valence-corrected chi connectivity index (χ3v) is 5.37. The Morgan fingerprint density at radius 1 is 1.42 bits per heavy atom. The molecular formula is C12H17BrN2O3S. The molecule has 19 heavy (non-hydrogen) atoms. The van der Waals surface area contributed by atoms with Crippen molar-refractivity contribution in [3.63, 3.8) is 0 Å². The van der Waals surface area contributed by atoms with E-state index < -0.39 is 10.0 Å². The van der Waals surface area contributed by atoms with E-state index in [0.717, 1.165) is 12.8 Å². The lowest BCUT2D eigenvalue weighted by molar-refractivity contribution is 0.107. The van der Waals surface area contributed by atoms with Crippen LogP contribution in [-0.4, -0.2) is 27.7 Å². The van der Waals surface area contributed by atoms with E-state index in [1.54, 1.807) is 19.2 Å². The van der Waals surface area contributed by atoms with Crippen LogP contribution in [0.1, 0.15) is 19.3 Å². The number of methoxy groups -OCH3 is 1. The molecule has 3 N–H and O–H groups in total. The lowest BCUT2D eigenvalue weighted by Crippen LogP contribution is -2.33. The minimum Gasteiger partial charge on any atom is -0.398 e. The molecule has 1 aromatic rings. The minimum absolute atomic E-state index is 0.0895. The van der Waals surface area contributed by atoms with Gasteiger partial charge >= 0.3 is 0 Å². The molecule has 2 rings (SSSR count). The van der Waals surface area contributed by atoms with Crippen molar-refractivity contribution in [1.82, 2.24) is 4.72 Å². The summed E-state index contributed by atoms with van der Waals surface area (Å²) in [5.41, 5.74) is 5.99. The second-order valence-corrected chi connectivity index (χ2v) is 7.27. The molecule has 0 amide bonds. The lowest BCUT2D eigenvalue weighted by atomic mass is 10.3. The van der Waals surface area contributed by atoms with Gasteiger partial charge in [0.2, 0.25) is 10.0 Å². The van der Waals surface area contributed by atoms with Crippen molar-refractivity contribution in [3.05, 3.63) is 22.7 Å². The minimum atomic E-state index is -3.59. The fourth-order valence-electron chi connectivity index (χ4n) is 2.29. The molecular weight excluding hydrogens is 332 g/mol. The average molecular weight is 349 g/mol. The van der Waals surface area contributed by atoms with Gasteiger partial charge in [-0.25, -0.2) is 13.1 Å². The number of nitrogens with one attached hydrogen (secondary N) is 1. The maximum Gasteiger partial charge on any atom is 0.242 e. The molecule has 1 aliphatic carbocycles. The van der Waals surface area contributed by atoms with E-state index in [9.17, 15) is 8.42 Å². The van der Waals surface area contributed by atoms with E-state index in [1.807, 2.05) is 0 Å². The summed E-state index contributed by atoms with van der Waals surface area (Å²) >= 11 is 3.25. The molecule has 106 valence electrons. The molecule has 5 nitrogen and oxygen atoms in total. The van der Waals surface area contributed by atoms with Gasteiger partial charge in [0.1, 0.15) is 4.90 Å². The van der Waals surface area contributed by atoms with Gasteiger partial charge in [0.15, 0.2) is 0 Å². The molecule has 0 spiro atoms. The van der Waals surface area contributed by atoms with Gasteiger partial charge in [0.25, 0.3) is 0 Å². The molecule has 1 aromatic carbocycles. The van der Waals surface area contributed by atoms with Crippen molar-refractivity contribution in [2.24, 2.45) is 0 Å². The highest BCUT2D eigenvalue weighted by Gasteiger charge is 2.29.